The molecule has 0 radical (unpaired) electrons. The van der Waals surface area contributed by atoms with Gasteiger partial charge in [-0.2, -0.15) is 4.98 Å². The second-order valence-electron chi connectivity index (χ2n) is 4.20. The zero-order valence-electron chi connectivity index (χ0n) is 9.76. The highest BCUT2D eigenvalue weighted by molar-refractivity contribution is 5.99. The van der Waals surface area contributed by atoms with Crippen molar-refractivity contribution in [3.05, 3.63) is 41.5 Å². The van der Waals surface area contributed by atoms with E-state index in [1.54, 1.807) is 0 Å². The van der Waals surface area contributed by atoms with Gasteiger partial charge in [0.05, 0.1) is 0 Å². The molecule has 0 spiro atoms. The number of ether oxygens (including phenoxy) is 1. The normalized spacial score (nSPS) is 14.3. The predicted octanol–water partition coefficient (Wildman–Crippen LogP) is 2.17. The summed E-state index contributed by atoms with van der Waals surface area (Å²) in [6.07, 6.45) is 3.65. The van der Waals surface area contributed by atoms with E-state index in [1.807, 2.05) is 18.2 Å². The van der Waals surface area contributed by atoms with E-state index in [0.29, 0.717) is 12.2 Å². The lowest BCUT2D eigenvalue weighted by Gasteiger charge is -2.18. The number of hydrogen-bond donors (Lipinski definition) is 0. The van der Waals surface area contributed by atoms with Crippen LogP contribution in [0.5, 0.6) is 5.75 Å². The molecule has 1 aromatic heterocycles. The molecule has 18 heavy (non-hydrogen) atoms. The molecule has 0 unspecified atom stereocenters. The van der Waals surface area contributed by atoms with Crippen LogP contribution in [-0.2, 0) is 13.0 Å². The fraction of sp³-hybridized carbons (Fsp3) is 0.308. The first-order valence-corrected chi connectivity index (χ1v) is 5.88. The average Bonchev–Trinajstić information content (AvgIpc) is 2.90. The summed E-state index contributed by atoms with van der Waals surface area (Å²) in [5.74, 6) is 1.43. The van der Waals surface area contributed by atoms with E-state index in [9.17, 15) is 4.79 Å². The molecule has 0 saturated carbocycles. The van der Waals surface area contributed by atoms with Gasteiger partial charge in [0.15, 0.2) is 12.4 Å². The highest BCUT2D eigenvalue weighted by Crippen LogP contribution is 2.29. The molecule has 0 bridgehead atoms. The molecular weight excluding hydrogens is 232 g/mol. The molecule has 3 rings (SSSR count). The minimum Gasteiger partial charge on any atom is -0.485 e. The van der Waals surface area contributed by atoms with Crippen LogP contribution in [0.4, 0.5) is 0 Å². The van der Waals surface area contributed by atoms with Crippen LogP contribution in [-0.4, -0.2) is 15.9 Å². The summed E-state index contributed by atoms with van der Waals surface area (Å²) in [7, 11) is 0. The Bertz CT molecular complexity index is 564. The van der Waals surface area contributed by atoms with Crippen LogP contribution < -0.4 is 4.74 Å². The molecule has 0 aliphatic heterocycles. The molecule has 0 saturated heterocycles. The number of carbonyl (C=O) groups is 1. The van der Waals surface area contributed by atoms with Crippen molar-refractivity contribution in [3.8, 4) is 5.75 Å². The Labute approximate surface area is 104 Å². The first kappa shape index (κ1) is 11.0. The molecule has 1 aliphatic carbocycles. The predicted molar refractivity (Wildman–Crippen MR) is 62.3 cm³/mol. The van der Waals surface area contributed by atoms with Crippen molar-refractivity contribution in [1.29, 1.82) is 0 Å². The lowest BCUT2D eigenvalue weighted by molar-refractivity contribution is 0.0971. The number of hydrogen-bond acceptors (Lipinski definition) is 5. The zero-order valence-corrected chi connectivity index (χ0v) is 9.76. The lowest BCUT2D eigenvalue weighted by atomic mass is 9.90. The van der Waals surface area contributed by atoms with E-state index in [2.05, 4.69) is 14.7 Å². The Morgan fingerprint density at radius 2 is 2.28 bits per heavy atom. The Morgan fingerprint density at radius 1 is 1.33 bits per heavy atom. The van der Waals surface area contributed by atoms with Crippen LogP contribution in [0.15, 0.2) is 29.1 Å². The standard InChI is InChI=1S/C13H12N2O3/c16-11-5-1-4-10-9(11)3-2-6-12(10)17-7-13-14-8-18-15-13/h2-3,6,8H,1,4-5,7H2. The number of fused-ring (bicyclic) bond motifs is 1. The van der Waals surface area contributed by atoms with Crippen molar-refractivity contribution in [2.24, 2.45) is 0 Å². The van der Waals surface area contributed by atoms with Crippen molar-refractivity contribution < 1.29 is 14.1 Å². The number of ketones is 1. The molecule has 1 aromatic carbocycles. The summed E-state index contributed by atoms with van der Waals surface area (Å²) in [6, 6.07) is 5.57. The first-order valence-electron chi connectivity index (χ1n) is 5.88. The summed E-state index contributed by atoms with van der Waals surface area (Å²) >= 11 is 0. The molecule has 2 aromatic rings. The van der Waals surface area contributed by atoms with Gasteiger partial charge in [-0.1, -0.05) is 17.3 Å². The second-order valence-corrected chi connectivity index (χ2v) is 4.20. The molecule has 92 valence electrons. The van der Waals surface area contributed by atoms with Crippen molar-refractivity contribution in [1.82, 2.24) is 10.1 Å². The zero-order chi connectivity index (χ0) is 12.4. The average molecular weight is 244 g/mol. The monoisotopic (exact) mass is 244 g/mol. The summed E-state index contributed by atoms with van der Waals surface area (Å²) in [5, 5.41) is 3.68. The maximum absolute atomic E-state index is 11.8. The van der Waals surface area contributed by atoms with Gasteiger partial charge in [-0.05, 0) is 18.9 Å². The third-order valence-electron chi connectivity index (χ3n) is 3.03. The van der Waals surface area contributed by atoms with Gasteiger partial charge < -0.3 is 9.26 Å². The van der Waals surface area contributed by atoms with Crippen molar-refractivity contribution in [2.45, 2.75) is 25.9 Å². The van der Waals surface area contributed by atoms with Crippen molar-refractivity contribution in [3.63, 3.8) is 0 Å². The Hall–Kier alpha value is -2.17. The van der Waals surface area contributed by atoms with Gasteiger partial charge in [0, 0.05) is 17.5 Å². The van der Waals surface area contributed by atoms with Gasteiger partial charge in [-0.25, -0.2) is 0 Å². The van der Waals surface area contributed by atoms with Crippen molar-refractivity contribution in [2.75, 3.05) is 0 Å². The van der Waals surface area contributed by atoms with Gasteiger partial charge in [-0.15, -0.1) is 0 Å². The topological polar surface area (TPSA) is 65.2 Å². The number of aromatic nitrogens is 2. The van der Waals surface area contributed by atoms with E-state index >= 15 is 0 Å². The molecule has 0 fully saturated rings. The van der Waals surface area contributed by atoms with Crippen LogP contribution in [0.25, 0.3) is 0 Å². The molecule has 5 nitrogen and oxygen atoms in total. The fourth-order valence-corrected chi connectivity index (χ4v) is 2.18. The lowest BCUT2D eigenvalue weighted by Crippen LogP contribution is -2.12. The maximum atomic E-state index is 11.8. The van der Waals surface area contributed by atoms with Gasteiger partial charge in [-0.3, -0.25) is 4.79 Å². The molecular formula is C13H12N2O3. The summed E-state index contributed by atoms with van der Waals surface area (Å²) < 4.78 is 10.3. The number of nitrogens with zero attached hydrogens (tertiary/aromatic N) is 2. The first-order chi connectivity index (χ1) is 8.84. The minimum atomic E-state index is 0.196. The largest absolute Gasteiger partial charge is 0.485 e. The maximum Gasteiger partial charge on any atom is 0.213 e. The highest BCUT2D eigenvalue weighted by Gasteiger charge is 2.20. The highest BCUT2D eigenvalue weighted by atomic mass is 16.5. The number of carbonyl (C=O) groups excluding carboxylic acids is 1. The van der Waals surface area contributed by atoms with E-state index in [0.717, 1.165) is 29.7 Å². The fourth-order valence-electron chi connectivity index (χ4n) is 2.18. The van der Waals surface area contributed by atoms with Gasteiger partial charge in [0.2, 0.25) is 12.2 Å². The van der Waals surface area contributed by atoms with Gasteiger partial charge in [0.25, 0.3) is 0 Å². The van der Waals surface area contributed by atoms with E-state index in [1.165, 1.54) is 6.39 Å². The quantitative estimate of drug-likeness (QED) is 0.827. The number of rotatable bonds is 3. The molecule has 5 heteroatoms. The van der Waals surface area contributed by atoms with Crippen LogP contribution >= 0.6 is 0 Å². The molecule has 1 aliphatic rings. The van der Waals surface area contributed by atoms with E-state index in [4.69, 9.17) is 4.74 Å². The Kier molecular flexibility index (Phi) is 2.80. The Balaban J connectivity index is 1.84. The molecule has 0 N–H and O–H groups in total. The van der Waals surface area contributed by atoms with Crippen LogP contribution in [0.1, 0.15) is 34.6 Å². The molecule has 0 atom stereocenters. The smallest absolute Gasteiger partial charge is 0.213 e. The summed E-state index contributed by atoms with van der Waals surface area (Å²) in [6.45, 7) is 0.251. The van der Waals surface area contributed by atoms with Crippen LogP contribution in [0.2, 0.25) is 0 Å². The van der Waals surface area contributed by atoms with Crippen molar-refractivity contribution >= 4 is 5.78 Å². The van der Waals surface area contributed by atoms with Gasteiger partial charge >= 0.3 is 0 Å². The van der Waals surface area contributed by atoms with Crippen LogP contribution in [0.3, 0.4) is 0 Å². The van der Waals surface area contributed by atoms with E-state index < -0.39 is 0 Å². The summed E-state index contributed by atoms with van der Waals surface area (Å²) in [5.41, 5.74) is 1.78. The Morgan fingerprint density at radius 3 is 3.11 bits per heavy atom. The minimum absolute atomic E-state index is 0.196. The second kappa shape index (κ2) is 4.60. The van der Waals surface area contributed by atoms with E-state index in [-0.39, 0.29) is 12.4 Å². The van der Waals surface area contributed by atoms with Gasteiger partial charge in [0.1, 0.15) is 5.75 Å². The summed E-state index contributed by atoms with van der Waals surface area (Å²) in [4.78, 5) is 15.7. The third kappa shape index (κ3) is 1.99. The third-order valence-corrected chi connectivity index (χ3v) is 3.03. The number of benzene rings is 1. The SMILES string of the molecule is O=C1CCCc2c(OCc3ncon3)cccc21. The molecule has 0 amide bonds. The van der Waals surface area contributed by atoms with Crippen LogP contribution in [0, 0.1) is 0 Å². The molecule has 1 heterocycles. The number of Topliss-reactive ketones (excluding diaryl/α,β-unsaturated/α-hetero) is 1.